The average Bonchev–Trinajstić information content (AvgIpc) is 3.26. The molecule has 0 bridgehead atoms. The SMILES string of the molecule is C=C(/C=C(/c1cc(F)cc(CO[C@H](C)C(F)(F)F)c1)N(N)c1ccccc1F)NC(=O)[C@@H]1CNC(=O)C1. The highest BCUT2D eigenvalue weighted by Crippen LogP contribution is 2.29. The molecule has 0 spiro atoms. The Bertz CT molecular complexity index is 1220. The van der Waals surface area contributed by atoms with Gasteiger partial charge in [0.05, 0.1) is 23.9 Å². The molecule has 4 N–H and O–H groups in total. The molecular weight excluding hydrogens is 499 g/mol. The number of anilines is 1. The molecule has 1 fully saturated rings. The summed E-state index contributed by atoms with van der Waals surface area (Å²) >= 11 is 0. The number of carbonyl (C=O) groups excluding carboxylic acids is 2. The first kappa shape index (κ1) is 27.8. The molecular formula is C25H25F5N4O3. The van der Waals surface area contributed by atoms with Gasteiger partial charge in [-0.2, -0.15) is 13.2 Å². The molecule has 1 aliphatic rings. The van der Waals surface area contributed by atoms with Crippen molar-refractivity contribution in [1.82, 2.24) is 10.6 Å². The van der Waals surface area contributed by atoms with Crippen LogP contribution in [0.15, 0.2) is 60.8 Å². The number of allylic oxidation sites excluding steroid dienone is 1. The molecule has 198 valence electrons. The van der Waals surface area contributed by atoms with E-state index in [0.717, 1.165) is 30.1 Å². The van der Waals surface area contributed by atoms with Crippen molar-refractivity contribution >= 4 is 23.2 Å². The highest BCUT2D eigenvalue weighted by molar-refractivity contribution is 5.90. The number of rotatable bonds is 9. The molecule has 2 atom stereocenters. The topological polar surface area (TPSA) is 96.7 Å². The summed E-state index contributed by atoms with van der Waals surface area (Å²) in [6, 6.07) is 8.82. The fourth-order valence-electron chi connectivity index (χ4n) is 3.52. The number of hydrazine groups is 1. The number of benzene rings is 2. The molecule has 0 aromatic heterocycles. The Labute approximate surface area is 209 Å². The summed E-state index contributed by atoms with van der Waals surface area (Å²) in [5, 5.41) is 5.96. The van der Waals surface area contributed by atoms with Crippen LogP contribution >= 0.6 is 0 Å². The summed E-state index contributed by atoms with van der Waals surface area (Å²) in [6.07, 6.45) is -5.44. The third-order valence-corrected chi connectivity index (χ3v) is 5.53. The van der Waals surface area contributed by atoms with E-state index in [4.69, 9.17) is 10.6 Å². The van der Waals surface area contributed by atoms with Crippen LogP contribution in [0.25, 0.3) is 5.70 Å². The van der Waals surface area contributed by atoms with E-state index < -0.39 is 42.3 Å². The Balaban J connectivity index is 1.94. The minimum absolute atomic E-state index is 0.00102. The number of hydrogen-bond acceptors (Lipinski definition) is 5. The second-order valence-electron chi connectivity index (χ2n) is 8.41. The summed E-state index contributed by atoms with van der Waals surface area (Å²) in [6.45, 7) is 4.16. The van der Waals surface area contributed by atoms with Gasteiger partial charge >= 0.3 is 6.18 Å². The van der Waals surface area contributed by atoms with E-state index in [1.54, 1.807) is 0 Å². The lowest BCUT2D eigenvalue weighted by Gasteiger charge is -2.24. The van der Waals surface area contributed by atoms with E-state index >= 15 is 0 Å². The molecule has 0 saturated carbocycles. The van der Waals surface area contributed by atoms with Crippen molar-refractivity contribution in [3.8, 4) is 0 Å². The van der Waals surface area contributed by atoms with E-state index in [2.05, 4.69) is 17.2 Å². The van der Waals surface area contributed by atoms with Crippen molar-refractivity contribution in [3.05, 3.63) is 83.6 Å². The molecule has 2 aromatic rings. The van der Waals surface area contributed by atoms with Crippen molar-refractivity contribution in [3.63, 3.8) is 0 Å². The number of halogens is 5. The lowest BCUT2D eigenvalue weighted by atomic mass is 10.1. The highest BCUT2D eigenvalue weighted by Gasteiger charge is 2.37. The fraction of sp³-hybridized carbons (Fsp3) is 0.280. The zero-order valence-electron chi connectivity index (χ0n) is 19.7. The summed E-state index contributed by atoms with van der Waals surface area (Å²) < 4.78 is 72.3. The molecule has 7 nitrogen and oxygen atoms in total. The Hall–Kier alpha value is -3.77. The first-order chi connectivity index (χ1) is 17.3. The first-order valence-electron chi connectivity index (χ1n) is 11.1. The van der Waals surface area contributed by atoms with Crippen LogP contribution in [0.4, 0.5) is 27.6 Å². The smallest absolute Gasteiger partial charge is 0.364 e. The zero-order valence-corrected chi connectivity index (χ0v) is 19.7. The van der Waals surface area contributed by atoms with Gasteiger partial charge in [0.15, 0.2) is 6.10 Å². The maximum absolute atomic E-state index is 14.5. The van der Waals surface area contributed by atoms with Crippen molar-refractivity contribution < 1.29 is 36.3 Å². The van der Waals surface area contributed by atoms with E-state index in [0.29, 0.717) is 0 Å². The van der Waals surface area contributed by atoms with Crippen LogP contribution in [-0.4, -0.2) is 30.6 Å². The maximum atomic E-state index is 14.5. The molecule has 2 aromatic carbocycles. The third kappa shape index (κ3) is 7.37. The predicted octanol–water partition coefficient (Wildman–Crippen LogP) is 3.92. The predicted molar refractivity (Wildman–Crippen MR) is 126 cm³/mol. The average molecular weight is 524 g/mol. The van der Waals surface area contributed by atoms with Crippen LogP contribution in [0.3, 0.4) is 0 Å². The standard InChI is InChI=1S/C25H25F5N4O3/c1-14(33-24(36)18-11-23(35)32-12-18)7-22(34(31)21-6-4-3-5-20(21)27)17-8-16(9-19(26)10-17)13-37-15(2)25(28,29)30/h3-10,15,18H,1,11-13,31H2,2H3,(H,32,35)(H,33,36)/b22-7-/t15-,18+/m1/s1. The number of ether oxygens (including phenoxy) is 1. The Morgan fingerprint density at radius 1 is 1.30 bits per heavy atom. The second kappa shape index (κ2) is 11.5. The van der Waals surface area contributed by atoms with Crippen LogP contribution in [0.1, 0.15) is 24.5 Å². The molecule has 0 unspecified atom stereocenters. The highest BCUT2D eigenvalue weighted by atomic mass is 19.4. The van der Waals surface area contributed by atoms with E-state index in [-0.39, 0.29) is 47.1 Å². The molecule has 1 aliphatic heterocycles. The molecule has 3 rings (SSSR count). The number of nitrogens with two attached hydrogens (primary N) is 1. The van der Waals surface area contributed by atoms with E-state index in [1.807, 2.05) is 0 Å². The largest absolute Gasteiger partial charge is 0.414 e. The molecule has 1 saturated heterocycles. The zero-order chi connectivity index (χ0) is 27.3. The molecule has 12 heteroatoms. The molecule has 0 radical (unpaired) electrons. The van der Waals surface area contributed by atoms with Gasteiger partial charge in [0.25, 0.3) is 0 Å². The number of alkyl halides is 3. The molecule has 1 heterocycles. The van der Waals surface area contributed by atoms with Gasteiger partial charge in [-0.05, 0) is 48.9 Å². The minimum Gasteiger partial charge on any atom is -0.364 e. The van der Waals surface area contributed by atoms with Crippen LogP contribution in [0.2, 0.25) is 0 Å². The van der Waals surface area contributed by atoms with Gasteiger partial charge in [-0.15, -0.1) is 0 Å². The van der Waals surface area contributed by atoms with Gasteiger partial charge < -0.3 is 15.4 Å². The summed E-state index contributed by atoms with van der Waals surface area (Å²) in [5.74, 6) is 3.26. The van der Waals surface area contributed by atoms with Crippen molar-refractivity contribution in [1.29, 1.82) is 0 Å². The van der Waals surface area contributed by atoms with E-state index in [9.17, 15) is 31.5 Å². The Morgan fingerprint density at radius 2 is 2.00 bits per heavy atom. The van der Waals surface area contributed by atoms with Gasteiger partial charge in [0.1, 0.15) is 11.6 Å². The number of nitrogens with one attached hydrogen (secondary N) is 2. The summed E-state index contributed by atoms with van der Waals surface area (Å²) in [5.41, 5.74) is -0.0213. The van der Waals surface area contributed by atoms with Crippen molar-refractivity contribution in [2.75, 3.05) is 11.6 Å². The molecule has 0 aliphatic carbocycles. The van der Waals surface area contributed by atoms with Crippen molar-refractivity contribution in [2.24, 2.45) is 11.8 Å². The quantitative estimate of drug-likeness (QED) is 0.200. The lowest BCUT2D eigenvalue weighted by Crippen LogP contribution is -2.33. The van der Waals surface area contributed by atoms with Crippen LogP contribution in [-0.2, 0) is 20.9 Å². The number of amides is 2. The van der Waals surface area contributed by atoms with Gasteiger partial charge in [0, 0.05) is 24.2 Å². The van der Waals surface area contributed by atoms with Crippen LogP contribution < -0.4 is 21.5 Å². The van der Waals surface area contributed by atoms with Gasteiger partial charge in [-0.25, -0.2) is 14.6 Å². The van der Waals surface area contributed by atoms with Crippen LogP contribution in [0.5, 0.6) is 0 Å². The normalized spacial score (nSPS) is 16.8. The third-order valence-electron chi connectivity index (χ3n) is 5.53. The Kier molecular flexibility index (Phi) is 8.66. The summed E-state index contributed by atoms with van der Waals surface area (Å²) in [7, 11) is 0. The number of hydrogen-bond donors (Lipinski definition) is 3. The monoisotopic (exact) mass is 524 g/mol. The minimum atomic E-state index is -4.60. The lowest BCUT2D eigenvalue weighted by molar-refractivity contribution is -0.217. The Morgan fingerprint density at radius 3 is 2.62 bits per heavy atom. The summed E-state index contributed by atoms with van der Waals surface area (Å²) in [4.78, 5) is 23.9. The number of para-hydroxylation sites is 1. The number of carbonyl (C=O) groups is 2. The maximum Gasteiger partial charge on any atom is 0.414 e. The fourth-order valence-corrected chi connectivity index (χ4v) is 3.52. The van der Waals surface area contributed by atoms with Gasteiger partial charge in [0.2, 0.25) is 11.8 Å². The van der Waals surface area contributed by atoms with E-state index in [1.165, 1.54) is 30.3 Å². The first-order valence-corrected chi connectivity index (χ1v) is 11.1. The van der Waals surface area contributed by atoms with Gasteiger partial charge in [-0.3, -0.25) is 14.6 Å². The molecule has 2 amide bonds. The van der Waals surface area contributed by atoms with Crippen molar-refractivity contribution in [2.45, 2.75) is 32.2 Å². The second-order valence-corrected chi connectivity index (χ2v) is 8.41. The van der Waals surface area contributed by atoms with Gasteiger partial charge in [-0.1, -0.05) is 18.7 Å². The molecule has 37 heavy (non-hydrogen) atoms. The van der Waals surface area contributed by atoms with Crippen LogP contribution in [0, 0.1) is 17.6 Å². The number of nitrogens with zero attached hydrogens (tertiary/aromatic N) is 1.